The fourth-order valence-corrected chi connectivity index (χ4v) is 1.45. The molecule has 2 amide bonds. The second-order valence-corrected chi connectivity index (χ2v) is 4.24. The maximum absolute atomic E-state index is 11.5. The summed E-state index contributed by atoms with van der Waals surface area (Å²) in [6, 6.07) is 6.85. The van der Waals surface area contributed by atoms with Crippen molar-refractivity contribution in [2.24, 2.45) is 7.05 Å². The van der Waals surface area contributed by atoms with E-state index in [1.165, 1.54) is 4.68 Å². The number of amides is 2. The van der Waals surface area contributed by atoms with Crippen LogP contribution in [0.15, 0.2) is 39.5 Å². The molecule has 6 nitrogen and oxygen atoms in total. The van der Waals surface area contributed by atoms with Gasteiger partial charge in [0.2, 0.25) is 0 Å². The van der Waals surface area contributed by atoms with Crippen molar-refractivity contribution in [3.8, 4) is 0 Å². The van der Waals surface area contributed by atoms with E-state index in [0.29, 0.717) is 5.69 Å². The van der Waals surface area contributed by atoms with Crippen molar-refractivity contribution < 1.29 is 14.0 Å². The first-order valence-corrected chi connectivity index (χ1v) is 5.59. The van der Waals surface area contributed by atoms with Crippen molar-refractivity contribution in [2.75, 3.05) is 10.6 Å². The summed E-state index contributed by atoms with van der Waals surface area (Å²) in [5.74, 6) is 0.280. The minimum Gasteiger partial charge on any atom is -0.308 e. The van der Waals surface area contributed by atoms with E-state index in [1.807, 2.05) is 12.1 Å². The minimum atomic E-state index is -0.385. The lowest BCUT2D eigenvalue weighted by Gasteiger charge is -2.03. The van der Waals surface area contributed by atoms with Crippen LogP contribution in [-0.2, 0) is 7.05 Å². The van der Waals surface area contributed by atoms with Crippen LogP contribution in [-0.4, -0.2) is 11.3 Å². The van der Waals surface area contributed by atoms with Gasteiger partial charge in [0.25, 0.3) is 6.20 Å². The second-order valence-electron chi connectivity index (χ2n) is 3.33. The number of aryl methyl sites for hydroxylation is 1. The molecule has 0 aliphatic rings. The topological polar surface area (TPSA) is 71.0 Å². The first-order valence-electron chi connectivity index (χ1n) is 4.80. The Morgan fingerprint density at radius 2 is 2.06 bits per heavy atom. The number of nitrogens with one attached hydrogen (secondary N) is 2. The molecule has 0 aliphatic heterocycles. The third-order valence-electron chi connectivity index (χ3n) is 1.91. The number of carbonyl (C=O) groups excluding carboxylic acids is 1. The highest BCUT2D eigenvalue weighted by molar-refractivity contribution is 9.10. The van der Waals surface area contributed by atoms with Crippen molar-refractivity contribution >= 4 is 33.5 Å². The van der Waals surface area contributed by atoms with Gasteiger partial charge < -0.3 is 5.32 Å². The summed E-state index contributed by atoms with van der Waals surface area (Å²) in [6.45, 7) is 0. The summed E-state index contributed by atoms with van der Waals surface area (Å²) in [5, 5.41) is 8.75. The van der Waals surface area contributed by atoms with Crippen LogP contribution in [0.2, 0.25) is 0 Å². The number of hydrogen-bond donors (Lipinski definition) is 2. The zero-order valence-corrected chi connectivity index (χ0v) is 10.6. The molecule has 0 fully saturated rings. The normalized spacial score (nSPS) is 10.0. The predicted octanol–water partition coefficient (Wildman–Crippen LogP) is 1.91. The lowest BCUT2D eigenvalue weighted by molar-refractivity contribution is -0.739. The Morgan fingerprint density at radius 1 is 1.35 bits per heavy atom. The van der Waals surface area contributed by atoms with E-state index in [1.54, 1.807) is 25.4 Å². The number of anilines is 2. The van der Waals surface area contributed by atoms with Crippen molar-refractivity contribution in [1.82, 2.24) is 5.27 Å². The van der Waals surface area contributed by atoms with Crippen LogP contribution in [0.1, 0.15) is 0 Å². The van der Waals surface area contributed by atoms with E-state index in [2.05, 4.69) is 31.8 Å². The van der Waals surface area contributed by atoms with E-state index < -0.39 is 0 Å². The molecule has 0 unspecified atom stereocenters. The summed E-state index contributed by atoms with van der Waals surface area (Å²) in [6.07, 6.45) is 1.56. The highest BCUT2D eigenvalue weighted by Crippen LogP contribution is 2.14. The Labute approximate surface area is 106 Å². The lowest BCUT2D eigenvalue weighted by Crippen LogP contribution is -2.28. The maximum atomic E-state index is 11.5. The Hall–Kier alpha value is -1.89. The molecule has 2 aromatic rings. The molecule has 0 saturated heterocycles. The van der Waals surface area contributed by atoms with Crippen molar-refractivity contribution in [1.29, 1.82) is 0 Å². The van der Waals surface area contributed by atoms with Gasteiger partial charge in [-0.1, -0.05) is 20.6 Å². The number of carbonyl (C=O) groups is 1. The van der Waals surface area contributed by atoms with Crippen molar-refractivity contribution in [3.63, 3.8) is 0 Å². The number of rotatable bonds is 2. The van der Waals surface area contributed by atoms with Gasteiger partial charge in [0, 0.05) is 10.2 Å². The van der Waals surface area contributed by atoms with Gasteiger partial charge in [-0.15, -0.1) is 0 Å². The molecule has 1 aromatic heterocycles. The SMILES string of the molecule is C[n+]1cc(NC(=O)Nc2ccc(Br)cc2)on1. The monoisotopic (exact) mass is 297 g/mol. The third-order valence-corrected chi connectivity index (χ3v) is 2.44. The van der Waals surface area contributed by atoms with Gasteiger partial charge >= 0.3 is 11.9 Å². The molecule has 0 aliphatic carbocycles. The zero-order valence-electron chi connectivity index (χ0n) is 8.98. The van der Waals surface area contributed by atoms with Gasteiger partial charge in [-0.05, 0) is 24.3 Å². The van der Waals surface area contributed by atoms with Crippen LogP contribution in [0.5, 0.6) is 0 Å². The summed E-state index contributed by atoms with van der Waals surface area (Å²) >= 11 is 3.31. The van der Waals surface area contributed by atoms with Crippen LogP contribution in [0, 0.1) is 0 Å². The van der Waals surface area contributed by atoms with Crippen LogP contribution in [0.3, 0.4) is 0 Å². The van der Waals surface area contributed by atoms with E-state index in [9.17, 15) is 4.79 Å². The fraction of sp³-hybridized carbons (Fsp3) is 0.100. The molecule has 0 spiro atoms. The third kappa shape index (κ3) is 3.28. The first-order chi connectivity index (χ1) is 8.13. The molecule has 1 heterocycles. The fourth-order valence-electron chi connectivity index (χ4n) is 1.19. The van der Waals surface area contributed by atoms with Crippen molar-refractivity contribution in [3.05, 3.63) is 34.9 Å². The average Bonchev–Trinajstić information content (AvgIpc) is 2.67. The Bertz CT molecular complexity index is 523. The Balaban J connectivity index is 1.95. The molecule has 2 N–H and O–H groups in total. The van der Waals surface area contributed by atoms with Crippen LogP contribution < -0.4 is 15.3 Å². The van der Waals surface area contributed by atoms with E-state index in [4.69, 9.17) is 4.52 Å². The van der Waals surface area contributed by atoms with Crippen LogP contribution >= 0.6 is 15.9 Å². The summed E-state index contributed by atoms with van der Waals surface area (Å²) in [4.78, 5) is 11.5. The minimum absolute atomic E-state index is 0.280. The van der Waals surface area contributed by atoms with Gasteiger partial charge in [0.05, 0.1) is 0 Å². The van der Waals surface area contributed by atoms with Crippen LogP contribution in [0.4, 0.5) is 16.4 Å². The van der Waals surface area contributed by atoms with Gasteiger partial charge in [-0.3, -0.25) is 9.84 Å². The van der Waals surface area contributed by atoms with Gasteiger partial charge in [0.15, 0.2) is 12.3 Å². The molecule has 0 atom stereocenters. The maximum Gasteiger partial charge on any atom is 0.326 e. The molecule has 0 radical (unpaired) electrons. The number of urea groups is 1. The summed E-state index contributed by atoms with van der Waals surface area (Å²) in [7, 11) is 1.70. The van der Waals surface area contributed by atoms with Gasteiger partial charge in [0.1, 0.15) is 0 Å². The smallest absolute Gasteiger partial charge is 0.308 e. The van der Waals surface area contributed by atoms with E-state index >= 15 is 0 Å². The van der Waals surface area contributed by atoms with Crippen LogP contribution in [0.25, 0.3) is 0 Å². The number of benzene rings is 1. The molecular weight excluding hydrogens is 288 g/mol. The number of nitrogens with zero attached hydrogens (tertiary/aromatic N) is 2. The predicted molar refractivity (Wildman–Crippen MR) is 64.5 cm³/mol. The zero-order chi connectivity index (χ0) is 12.3. The molecule has 88 valence electrons. The largest absolute Gasteiger partial charge is 0.326 e. The summed E-state index contributed by atoms with van der Waals surface area (Å²) < 4.78 is 7.23. The second kappa shape index (κ2) is 4.96. The Kier molecular flexibility index (Phi) is 3.38. The molecule has 7 heteroatoms. The number of aromatic nitrogens is 2. The highest BCUT2D eigenvalue weighted by atomic mass is 79.9. The molecule has 0 saturated carbocycles. The molecule has 1 aromatic carbocycles. The summed E-state index contributed by atoms with van der Waals surface area (Å²) in [5.41, 5.74) is 0.689. The lowest BCUT2D eigenvalue weighted by atomic mass is 10.3. The van der Waals surface area contributed by atoms with E-state index in [0.717, 1.165) is 4.47 Å². The molecule has 2 rings (SSSR count). The number of hydrogen-bond acceptors (Lipinski definition) is 3. The van der Waals surface area contributed by atoms with Gasteiger partial charge in [-0.2, -0.15) is 0 Å². The molecular formula is C10H10BrN4O2+. The standard InChI is InChI=1S/C10H9BrN4O2/c1-15-6-9(17-14-15)13-10(16)12-8-4-2-7(11)3-5-8/h2-6H,1H3,(H-,12,13,14,16)/p+1. The number of halogens is 1. The average molecular weight is 298 g/mol. The molecule has 17 heavy (non-hydrogen) atoms. The molecule has 0 bridgehead atoms. The highest BCUT2D eigenvalue weighted by Gasteiger charge is 2.10. The van der Waals surface area contributed by atoms with Gasteiger partial charge in [-0.25, -0.2) is 4.79 Å². The Morgan fingerprint density at radius 3 is 2.65 bits per heavy atom. The van der Waals surface area contributed by atoms with E-state index in [-0.39, 0.29) is 11.9 Å². The van der Waals surface area contributed by atoms with Crippen molar-refractivity contribution in [2.45, 2.75) is 0 Å². The first kappa shape index (κ1) is 11.6. The quantitative estimate of drug-likeness (QED) is 0.832.